The maximum absolute atomic E-state index is 12.9. The number of piperidine rings is 1. The van der Waals surface area contributed by atoms with Gasteiger partial charge in [0.15, 0.2) is 0 Å². The monoisotopic (exact) mass is 286 g/mol. The second kappa shape index (κ2) is 5.83. The Morgan fingerprint density at radius 2 is 2.05 bits per heavy atom. The van der Waals surface area contributed by atoms with Crippen molar-refractivity contribution < 1.29 is 18.0 Å². The Bertz CT molecular complexity index is 488. The predicted molar refractivity (Wildman–Crippen MR) is 69.3 cm³/mol. The molecule has 0 radical (unpaired) electrons. The first-order valence-electron chi connectivity index (χ1n) is 6.57. The van der Waals surface area contributed by atoms with Gasteiger partial charge in [-0.25, -0.2) is 0 Å². The molecule has 1 fully saturated rings. The summed E-state index contributed by atoms with van der Waals surface area (Å²) < 4.78 is 38.6. The van der Waals surface area contributed by atoms with E-state index in [9.17, 15) is 18.0 Å². The van der Waals surface area contributed by atoms with Gasteiger partial charge in [-0.2, -0.15) is 13.2 Å². The maximum atomic E-state index is 12.9. The van der Waals surface area contributed by atoms with Gasteiger partial charge >= 0.3 is 6.18 Å². The summed E-state index contributed by atoms with van der Waals surface area (Å²) in [5.74, 6) is -0.456. The lowest BCUT2D eigenvalue weighted by Crippen LogP contribution is -2.48. The number of hydrogen-bond donors (Lipinski definition) is 2. The molecule has 0 aromatic heterocycles. The van der Waals surface area contributed by atoms with Crippen LogP contribution in [-0.4, -0.2) is 25.0 Å². The van der Waals surface area contributed by atoms with E-state index in [4.69, 9.17) is 0 Å². The van der Waals surface area contributed by atoms with Crippen LogP contribution >= 0.6 is 0 Å². The number of carbonyl (C=O) groups is 1. The van der Waals surface area contributed by atoms with E-state index in [1.54, 1.807) is 0 Å². The molecule has 1 aromatic carbocycles. The molecule has 3 nitrogen and oxygen atoms in total. The first-order chi connectivity index (χ1) is 9.39. The molecule has 0 unspecified atom stereocenters. The molecule has 1 heterocycles. The number of halogens is 3. The van der Waals surface area contributed by atoms with Crippen LogP contribution in [0, 0.1) is 5.92 Å². The quantitative estimate of drug-likeness (QED) is 0.876. The van der Waals surface area contributed by atoms with Crippen molar-refractivity contribution in [1.82, 2.24) is 10.6 Å². The molecule has 2 N–H and O–H groups in total. The number of benzene rings is 1. The zero-order valence-electron chi connectivity index (χ0n) is 11.1. The van der Waals surface area contributed by atoms with Crippen molar-refractivity contribution in [2.24, 2.45) is 5.92 Å². The number of amides is 1. The van der Waals surface area contributed by atoms with Crippen LogP contribution in [0.3, 0.4) is 0 Å². The second-order valence-corrected chi connectivity index (χ2v) is 5.09. The third kappa shape index (κ3) is 3.30. The lowest BCUT2D eigenvalue weighted by molar-refractivity contribution is -0.137. The van der Waals surface area contributed by atoms with Gasteiger partial charge in [0, 0.05) is 6.04 Å². The average Bonchev–Trinajstić information content (AvgIpc) is 2.40. The van der Waals surface area contributed by atoms with Crippen LogP contribution in [-0.2, 0) is 6.18 Å². The van der Waals surface area contributed by atoms with E-state index in [1.165, 1.54) is 18.2 Å². The maximum Gasteiger partial charge on any atom is 0.417 e. The first-order valence-corrected chi connectivity index (χ1v) is 6.57. The van der Waals surface area contributed by atoms with Crippen LogP contribution in [0.4, 0.5) is 13.2 Å². The second-order valence-electron chi connectivity index (χ2n) is 5.09. The van der Waals surface area contributed by atoms with Crippen molar-refractivity contribution in [2.75, 3.05) is 13.1 Å². The number of nitrogens with one attached hydrogen (secondary N) is 2. The normalized spacial score (nSPS) is 23.4. The summed E-state index contributed by atoms with van der Waals surface area (Å²) in [5.41, 5.74) is -1.20. The zero-order chi connectivity index (χ0) is 14.8. The van der Waals surface area contributed by atoms with Crippen LogP contribution in [0.25, 0.3) is 0 Å². The lowest BCUT2D eigenvalue weighted by atomic mass is 9.94. The van der Waals surface area contributed by atoms with E-state index >= 15 is 0 Å². The molecule has 1 aliphatic rings. The molecule has 110 valence electrons. The first kappa shape index (κ1) is 14.8. The molecular formula is C14H17F3N2O. The Morgan fingerprint density at radius 1 is 1.35 bits per heavy atom. The summed E-state index contributed by atoms with van der Waals surface area (Å²) in [7, 11) is 0. The van der Waals surface area contributed by atoms with Crippen LogP contribution in [0.5, 0.6) is 0 Å². The Kier molecular flexibility index (Phi) is 4.32. The number of rotatable bonds is 2. The number of carbonyl (C=O) groups excluding carboxylic acids is 1. The largest absolute Gasteiger partial charge is 0.417 e. The molecular weight excluding hydrogens is 269 g/mol. The Hall–Kier alpha value is -1.56. The molecule has 1 aromatic rings. The van der Waals surface area contributed by atoms with E-state index < -0.39 is 17.6 Å². The van der Waals surface area contributed by atoms with Gasteiger partial charge in [-0.3, -0.25) is 4.79 Å². The third-order valence-corrected chi connectivity index (χ3v) is 3.58. The third-order valence-electron chi connectivity index (χ3n) is 3.58. The van der Waals surface area contributed by atoms with Crippen LogP contribution in [0.2, 0.25) is 0 Å². The fourth-order valence-corrected chi connectivity index (χ4v) is 2.40. The highest BCUT2D eigenvalue weighted by molar-refractivity contribution is 5.96. The highest BCUT2D eigenvalue weighted by Gasteiger charge is 2.35. The Labute approximate surface area is 115 Å². The van der Waals surface area contributed by atoms with Crippen molar-refractivity contribution >= 4 is 5.91 Å². The van der Waals surface area contributed by atoms with Crippen LogP contribution in [0.15, 0.2) is 24.3 Å². The molecule has 1 aliphatic heterocycles. The van der Waals surface area contributed by atoms with E-state index in [1.807, 2.05) is 6.92 Å². The van der Waals surface area contributed by atoms with Crippen molar-refractivity contribution in [1.29, 1.82) is 0 Å². The SMILES string of the molecule is C[C@H]1CNCC[C@H]1NC(=O)c1ccccc1C(F)(F)F. The Balaban J connectivity index is 2.17. The summed E-state index contributed by atoms with van der Waals surface area (Å²) in [5, 5.41) is 5.90. The van der Waals surface area contributed by atoms with Gasteiger partial charge in [-0.05, 0) is 37.6 Å². The van der Waals surface area contributed by atoms with Crippen molar-refractivity contribution in [3.05, 3.63) is 35.4 Å². The van der Waals surface area contributed by atoms with E-state index in [-0.39, 0.29) is 17.5 Å². The highest BCUT2D eigenvalue weighted by atomic mass is 19.4. The smallest absolute Gasteiger partial charge is 0.349 e. The molecule has 0 aliphatic carbocycles. The molecule has 0 bridgehead atoms. The predicted octanol–water partition coefficient (Wildman–Crippen LogP) is 2.43. The topological polar surface area (TPSA) is 41.1 Å². The summed E-state index contributed by atoms with van der Waals surface area (Å²) >= 11 is 0. The van der Waals surface area contributed by atoms with Gasteiger partial charge in [-0.15, -0.1) is 0 Å². The molecule has 2 atom stereocenters. The highest BCUT2D eigenvalue weighted by Crippen LogP contribution is 2.31. The molecule has 0 spiro atoms. The van der Waals surface area contributed by atoms with Crippen LogP contribution < -0.4 is 10.6 Å². The van der Waals surface area contributed by atoms with Gasteiger partial charge in [0.1, 0.15) is 0 Å². The minimum atomic E-state index is -4.52. The summed E-state index contributed by atoms with van der Waals surface area (Å²) in [6, 6.07) is 4.78. The average molecular weight is 286 g/mol. The van der Waals surface area contributed by atoms with Gasteiger partial charge in [-0.1, -0.05) is 19.1 Å². The standard InChI is InChI=1S/C14H17F3N2O/c1-9-8-18-7-6-12(9)19-13(20)10-4-2-3-5-11(10)14(15,16)17/h2-5,9,12,18H,6-8H2,1H3,(H,19,20)/t9-,12+/m0/s1. The van der Waals surface area contributed by atoms with Gasteiger partial charge in [0.25, 0.3) is 5.91 Å². The Morgan fingerprint density at radius 3 is 2.70 bits per heavy atom. The van der Waals surface area contributed by atoms with E-state index in [0.29, 0.717) is 0 Å². The minimum absolute atomic E-state index is 0.0926. The van der Waals surface area contributed by atoms with Crippen molar-refractivity contribution in [3.63, 3.8) is 0 Å². The summed E-state index contributed by atoms with van der Waals surface area (Å²) in [6.07, 6.45) is -3.80. The summed E-state index contributed by atoms with van der Waals surface area (Å²) in [6.45, 7) is 3.48. The fraction of sp³-hybridized carbons (Fsp3) is 0.500. The van der Waals surface area contributed by atoms with Gasteiger partial charge in [0.2, 0.25) is 0 Å². The zero-order valence-corrected chi connectivity index (χ0v) is 11.1. The van der Waals surface area contributed by atoms with Crippen molar-refractivity contribution in [2.45, 2.75) is 25.6 Å². The van der Waals surface area contributed by atoms with Gasteiger partial charge < -0.3 is 10.6 Å². The molecule has 1 saturated heterocycles. The fourth-order valence-electron chi connectivity index (χ4n) is 2.40. The van der Waals surface area contributed by atoms with Crippen molar-refractivity contribution in [3.8, 4) is 0 Å². The molecule has 0 saturated carbocycles. The van der Waals surface area contributed by atoms with E-state index in [2.05, 4.69) is 10.6 Å². The molecule has 6 heteroatoms. The lowest BCUT2D eigenvalue weighted by Gasteiger charge is -2.30. The summed E-state index contributed by atoms with van der Waals surface area (Å²) in [4.78, 5) is 12.1. The van der Waals surface area contributed by atoms with Gasteiger partial charge in [0.05, 0.1) is 11.1 Å². The van der Waals surface area contributed by atoms with E-state index in [0.717, 1.165) is 25.6 Å². The molecule has 1 amide bonds. The molecule has 20 heavy (non-hydrogen) atoms. The number of alkyl halides is 3. The molecule has 2 rings (SSSR count). The minimum Gasteiger partial charge on any atom is -0.349 e. The number of hydrogen-bond acceptors (Lipinski definition) is 2. The van der Waals surface area contributed by atoms with Crippen LogP contribution in [0.1, 0.15) is 29.3 Å².